The molecular formula is C16H21N5O5. The predicted octanol–water partition coefficient (Wildman–Crippen LogP) is 0.0878. The number of aliphatic hydroxyl groups excluding tert-OH is 1. The summed E-state index contributed by atoms with van der Waals surface area (Å²) in [7, 11) is 0. The highest BCUT2D eigenvalue weighted by Crippen LogP contribution is 2.26. The fourth-order valence-corrected chi connectivity index (χ4v) is 2.73. The Morgan fingerprint density at radius 3 is 2.81 bits per heavy atom. The number of nitrogens with zero attached hydrogens (tertiary/aromatic N) is 4. The van der Waals surface area contributed by atoms with Gasteiger partial charge in [-0.2, -0.15) is 0 Å². The molecule has 10 heteroatoms. The van der Waals surface area contributed by atoms with Crippen LogP contribution in [0.1, 0.15) is 20.8 Å². The molecule has 2 aromatic heterocycles. The number of ether oxygens (including phenoxy) is 1. The van der Waals surface area contributed by atoms with E-state index in [0.29, 0.717) is 22.6 Å². The molecule has 2 aromatic rings. The highest BCUT2D eigenvalue weighted by molar-refractivity contribution is 5.95. The van der Waals surface area contributed by atoms with Gasteiger partial charge in [0.25, 0.3) is 11.6 Å². The minimum Gasteiger partial charge on any atom is -0.434 e. The van der Waals surface area contributed by atoms with Crippen molar-refractivity contribution in [1.29, 1.82) is 0 Å². The summed E-state index contributed by atoms with van der Waals surface area (Å²) in [4.78, 5) is 33.2. The largest absolute Gasteiger partial charge is 0.434 e. The summed E-state index contributed by atoms with van der Waals surface area (Å²) in [5, 5.41) is 9.03. The Kier molecular flexibility index (Phi) is 4.45. The van der Waals surface area contributed by atoms with Crippen LogP contribution in [0.4, 0.5) is 10.5 Å². The molecule has 0 radical (unpaired) electrons. The van der Waals surface area contributed by atoms with Crippen molar-refractivity contribution in [3.05, 3.63) is 17.9 Å². The lowest BCUT2D eigenvalue weighted by Gasteiger charge is -2.20. The molecule has 2 amide bonds. The van der Waals surface area contributed by atoms with Gasteiger partial charge in [-0.05, 0) is 20.8 Å². The number of hydrogen-bond acceptors (Lipinski definition) is 7. The van der Waals surface area contributed by atoms with Crippen molar-refractivity contribution in [2.75, 3.05) is 24.6 Å². The van der Waals surface area contributed by atoms with Crippen LogP contribution in [0.25, 0.3) is 11.2 Å². The first-order valence-corrected chi connectivity index (χ1v) is 8.13. The van der Waals surface area contributed by atoms with E-state index in [1.807, 2.05) is 25.3 Å². The van der Waals surface area contributed by atoms with Gasteiger partial charge in [-0.1, -0.05) is 0 Å². The standard InChI is InChI=1S/C16H21N5O5/c1-16(2,3)21-13-10(25-14(21)18-4-5-22)6-9(7-19-13)20-8-11(12(17)23)26-15(20)24/h6-7,11,22H,4-5,8H2,1-3H3,(H2,17,23)/t11-/m1/s1. The normalized spacial score (nSPS) is 18.6. The van der Waals surface area contributed by atoms with Crippen molar-refractivity contribution in [2.45, 2.75) is 32.4 Å². The van der Waals surface area contributed by atoms with Gasteiger partial charge < -0.3 is 20.0 Å². The van der Waals surface area contributed by atoms with Crippen LogP contribution in [0.15, 0.2) is 21.7 Å². The topological polar surface area (TPSA) is 136 Å². The van der Waals surface area contributed by atoms with Crippen molar-refractivity contribution < 1.29 is 23.8 Å². The second-order valence-corrected chi connectivity index (χ2v) is 6.90. The van der Waals surface area contributed by atoms with Gasteiger partial charge in [0.05, 0.1) is 31.6 Å². The highest BCUT2D eigenvalue weighted by atomic mass is 16.6. The number of carbonyl (C=O) groups excluding carboxylic acids is 2. The zero-order valence-electron chi connectivity index (χ0n) is 14.8. The second kappa shape index (κ2) is 6.45. The van der Waals surface area contributed by atoms with Crippen LogP contribution in [-0.4, -0.2) is 52.5 Å². The lowest BCUT2D eigenvalue weighted by molar-refractivity contribution is -0.124. The molecule has 26 heavy (non-hydrogen) atoms. The summed E-state index contributed by atoms with van der Waals surface area (Å²) in [5.74, 6) is -0.705. The summed E-state index contributed by atoms with van der Waals surface area (Å²) in [6, 6.07) is 1.63. The Labute approximate surface area is 148 Å². The number of aromatic nitrogens is 2. The molecule has 3 N–H and O–H groups in total. The SMILES string of the molecule is CC(C)(C)n1c(=NCCO)oc2cc(N3C[C@H](C(N)=O)OC3=O)cnc21. The van der Waals surface area contributed by atoms with E-state index in [0.717, 1.165) is 0 Å². The summed E-state index contributed by atoms with van der Waals surface area (Å²) in [6.07, 6.45) is -0.166. The van der Waals surface area contributed by atoms with Gasteiger partial charge in [-0.15, -0.1) is 0 Å². The van der Waals surface area contributed by atoms with Crippen molar-refractivity contribution in [2.24, 2.45) is 10.7 Å². The van der Waals surface area contributed by atoms with Crippen LogP contribution in [0.2, 0.25) is 0 Å². The molecule has 0 aliphatic carbocycles. The molecule has 0 bridgehead atoms. The number of oxazole rings is 1. The number of amides is 2. The third kappa shape index (κ3) is 3.15. The van der Waals surface area contributed by atoms with E-state index >= 15 is 0 Å². The Morgan fingerprint density at radius 1 is 1.50 bits per heavy atom. The molecule has 1 aliphatic rings. The molecule has 0 aromatic carbocycles. The number of nitrogens with two attached hydrogens (primary N) is 1. The number of cyclic esters (lactones) is 1. The summed E-state index contributed by atoms with van der Waals surface area (Å²) in [6.45, 7) is 6.04. The van der Waals surface area contributed by atoms with Crippen LogP contribution in [0.3, 0.4) is 0 Å². The number of carbonyl (C=O) groups is 2. The van der Waals surface area contributed by atoms with Gasteiger partial charge in [-0.3, -0.25) is 14.3 Å². The van der Waals surface area contributed by atoms with E-state index < -0.39 is 18.1 Å². The first kappa shape index (κ1) is 17.9. The first-order valence-electron chi connectivity index (χ1n) is 8.13. The maximum atomic E-state index is 12.0. The highest BCUT2D eigenvalue weighted by Gasteiger charge is 2.36. The van der Waals surface area contributed by atoms with Crippen LogP contribution in [-0.2, 0) is 15.1 Å². The number of fused-ring (bicyclic) bond motifs is 1. The Bertz CT molecular complexity index is 923. The molecular weight excluding hydrogens is 342 g/mol. The lowest BCUT2D eigenvalue weighted by atomic mass is 10.1. The Balaban J connectivity index is 2.08. The molecule has 1 atom stereocenters. The van der Waals surface area contributed by atoms with Crippen LogP contribution < -0.4 is 16.3 Å². The molecule has 1 aliphatic heterocycles. The Morgan fingerprint density at radius 2 is 2.23 bits per heavy atom. The number of aliphatic hydroxyl groups is 1. The van der Waals surface area contributed by atoms with Gasteiger partial charge >= 0.3 is 6.09 Å². The van der Waals surface area contributed by atoms with Crippen molar-refractivity contribution in [3.63, 3.8) is 0 Å². The summed E-state index contributed by atoms with van der Waals surface area (Å²) in [5.41, 5.74) is 6.56. The van der Waals surface area contributed by atoms with Crippen molar-refractivity contribution >= 4 is 28.9 Å². The molecule has 3 heterocycles. The van der Waals surface area contributed by atoms with E-state index in [4.69, 9.17) is 20.0 Å². The first-order chi connectivity index (χ1) is 12.2. The number of pyridine rings is 1. The molecule has 10 nitrogen and oxygen atoms in total. The Hall–Kier alpha value is -2.88. The van der Waals surface area contributed by atoms with Crippen LogP contribution in [0, 0.1) is 0 Å². The number of primary amides is 1. The van der Waals surface area contributed by atoms with Crippen molar-refractivity contribution in [3.8, 4) is 0 Å². The summed E-state index contributed by atoms with van der Waals surface area (Å²) < 4.78 is 12.5. The maximum Gasteiger partial charge on any atom is 0.415 e. The van der Waals surface area contributed by atoms with Gasteiger partial charge in [0.1, 0.15) is 0 Å². The third-order valence-corrected chi connectivity index (χ3v) is 3.88. The van der Waals surface area contributed by atoms with Gasteiger partial charge in [0, 0.05) is 11.6 Å². The molecule has 0 unspecified atom stereocenters. The second-order valence-electron chi connectivity index (χ2n) is 6.90. The number of hydrogen-bond donors (Lipinski definition) is 2. The van der Waals surface area contributed by atoms with E-state index in [1.54, 1.807) is 6.07 Å². The third-order valence-electron chi connectivity index (χ3n) is 3.88. The smallest absolute Gasteiger partial charge is 0.415 e. The molecule has 3 rings (SSSR count). The lowest BCUT2D eigenvalue weighted by Crippen LogP contribution is -2.33. The molecule has 1 saturated heterocycles. The molecule has 0 saturated carbocycles. The maximum absolute atomic E-state index is 12.0. The quantitative estimate of drug-likeness (QED) is 0.790. The fraction of sp³-hybridized carbons (Fsp3) is 0.500. The number of rotatable bonds is 4. The predicted molar refractivity (Wildman–Crippen MR) is 91.3 cm³/mol. The van der Waals surface area contributed by atoms with E-state index in [9.17, 15) is 9.59 Å². The van der Waals surface area contributed by atoms with E-state index in [-0.39, 0.29) is 25.2 Å². The zero-order valence-corrected chi connectivity index (χ0v) is 14.8. The average molecular weight is 363 g/mol. The minimum atomic E-state index is -0.996. The monoisotopic (exact) mass is 363 g/mol. The van der Waals surface area contributed by atoms with E-state index in [2.05, 4.69) is 9.98 Å². The molecule has 1 fully saturated rings. The average Bonchev–Trinajstić information content (AvgIpc) is 3.12. The van der Waals surface area contributed by atoms with Crippen molar-refractivity contribution in [1.82, 2.24) is 9.55 Å². The van der Waals surface area contributed by atoms with Crippen LogP contribution >= 0.6 is 0 Å². The summed E-state index contributed by atoms with van der Waals surface area (Å²) >= 11 is 0. The minimum absolute atomic E-state index is 0.0169. The van der Waals surface area contributed by atoms with Gasteiger partial charge in [0.15, 0.2) is 17.3 Å². The molecule has 0 spiro atoms. The van der Waals surface area contributed by atoms with Gasteiger partial charge in [0.2, 0.25) is 0 Å². The molecule has 140 valence electrons. The fourth-order valence-electron chi connectivity index (χ4n) is 2.73. The van der Waals surface area contributed by atoms with Crippen LogP contribution in [0.5, 0.6) is 0 Å². The zero-order chi connectivity index (χ0) is 19.1. The van der Waals surface area contributed by atoms with E-state index in [1.165, 1.54) is 11.1 Å². The van der Waals surface area contributed by atoms with Gasteiger partial charge in [-0.25, -0.2) is 14.8 Å². The number of anilines is 1.